The van der Waals surface area contributed by atoms with Crippen molar-refractivity contribution < 1.29 is 9.47 Å². The molecule has 1 aliphatic heterocycles. The summed E-state index contributed by atoms with van der Waals surface area (Å²) in [5, 5.41) is 3.52. The van der Waals surface area contributed by atoms with Gasteiger partial charge in [0.25, 0.3) is 0 Å². The normalized spacial score (nSPS) is 18.5. The number of hydrogen-bond acceptors (Lipinski definition) is 4. The van der Waals surface area contributed by atoms with E-state index in [-0.39, 0.29) is 0 Å². The molecule has 3 aromatic rings. The molecule has 2 fully saturated rings. The number of piperazine rings is 1. The molecular weight excluding hydrogens is 408 g/mol. The molecule has 0 aromatic heterocycles. The molecular formula is C29H34N2O2. The summed E-state index contributed by atoms with van der Waals surface area (Å²) in [5.74, 6) is 3.86. The van der Waals surface area contributed by atoms with Crippen LogP contribution in [0.15, 0.2) is 78.9 Å². The predicted molar refractivity (Wildman–Crippen MR) is 133 cm³/mol. The van der Waals surface area contributed by atoms with E-state index in [1.54, 1.807) is 0 Å². The lowest BCUT2D eigenvalue weighted by molar-refractivity contribution is 0.103. The summed E-state index contributed by atoms with van der Waals surface area (Å²) in [6.07, 6.45) is 6.68. The summed E-state index contributed by atoms with van der Waals surface area (Å²) in [7, 11) is 0. The fraction of sp³-hybridized carbons (Fsp3) is 0.379. The van der Waals surface area contributed by atoms with Gasteiger partial charge >= 0.3 is 0 Å². The molecule has 172 valence electrons. The van der Waals surface area contributed by atoms with Gasteiger partial charge in [-0.25, -0.2) is 0 Å². The van der Waals surface area contributed by atoms with Crippen LogP contribution < -0.4 is 14.8 Å². The summed E-state index contributed by atoms with van der Waals surface area (Å²) in [5.41, 5.74) is 1.34. The van der Waals surface area contributed by atoms with Gasteiger partial charge < -0.3 is 14.8 Å². The minimum atomic E-state index is 0.427. The molecule has 33 heavy (non-hydrogen) atoms. The molecule has 1 saturated heterocycles. The summed E-state index contributed by atoms with van der Waals surface area (Å²) < 4.78 is 12.7. The third-order valence-corrected chi connectivity index (χ3v) is 6.89. The Morgan fingerprint density at radius 3 is 1.94 bits per heavy atom. The maximum absolute atomic E-state index is 6.39. The molecule has 1 aliphatic carbocycles. The van der Waals surface area contributed by atoms with Crippen molar-refractivity contribution in [2.45, 2.75) is 38.1 Å². The Morgan fingerprint density at radius 1 is 0.697 bits per heavy atom. The van der Waals surface area contributed by atoms with Gasteiger partial charge in [-0.1, -0.05) is 61.7 Å². The first-order chi connectivity index (χ1) is 16.4. The molecule has 1 N–H and O–H groups in total. The van der Waals surface area contributed by atoms with E-state index in [1.165, 1.54) is 37.7 Å². The molecule has 1 heterocycles. The van der Waals surface area contributed by atoms with Gasteiger partial charge in [0.15, 0.2) is 11.5 Å². The number of rotatable bonds is 7. The highest BCUT2D eigenvalue weighted by atomic mass is 16.5. The number of ether oxygens (including phenoxy) is 2. The summed E-state index contributed by atoms with van der Waals surface area (Å²) in [6, 6.07) is 27.0. The van der Waals surface area contributed by atoms with Crippen molar-refractivity contribution >= 4 is 0 Å². The average molecular weight is 443 g/mol. The van der Waals surface area contributed by atoms with Gasteiger partial charge in [0.05, 0.1) is 0 Å². The Bertz CT molecular complexity index is 979. The fourth-order valence-electron chi connectivity index (χ4n) is 5.30. The zero-order valence-electron chi connectivity index (χ0n) is 19.3. The zero-order valence-corrected chi connectivity index (χ0v) is 19.3. The van der Waals surface area contributed by atoms with Gasteiger partial charge in [0, 0.05) is 32.2 Å². The average Bonchev–Trinajstić information content (AvgIpc) is 2.88. The molecule has 5 rings (SSSR count). The van der Waals surface area contributed by atoms with Gasteiger partial charge in [-0.3, -0.25) is 4.90 Å². The minimum absolute atomic E-state index is 0.427. The summed E-state index contributed by atoms with van der Waals surface area (Å²) >= 11 is 0. The van der Waals surface area contributed by atoms with Gasteiger partial charge in [-0.05, 0) is 60.7 Å². The quantitative estimate of drug-likeness (QED) is 0.436. The molecule has 3 aromatic carbocycles. The number of benzene rings is 3. The van der Waals surface area contributed by atoms with Crippen LogP contribution in [0.2, 0.25) is 0 Å². The molecule has 2 aliphatic rings. The Kier molecular flexibility index (Phi) is 7.24. The lowest BCUT2D eigenvalue weighted by atomic mass is 9.80. The van der Waals surface area contributed by atoms with Crippen molar-refractivity contribution in [3.63, 3.8) is 0 Å². The van der Waals surface area contributed by atoms with Crippen molar-refractivity contribution in [2.75, 3.05) is 26.2 Å². The molecule has 0 unspecified atom stereocenters. The van der Waals surface area contributed by atoms with Gasteiger partial charge in [-0.2, -0.15) is 0 Å². The molecule has 0 amide bonds. The van der Waals surface area contributed by atoms with E-state index < -0.39 is 0 Å². The summed E-state index contributed by atoms with van der Waals surface area (Å²) in [6.45, 7) is 4.31. The lowest BCUT2D eigenvalue weighted by Crippen LogP contribution is -2.47. The third kappa shape index (κ3) is 5.58. The van der Waals surface area contributed by atoms with Crippen molar-refractivity contribution in [1.82, 2.24) is 10.2 Å². The number of nitrogens with one attached hydrogen (secondary N) is 1. The molecule has 1 saturated carbocycles. The largest absolute Gasteiger partial charge is 0.453 e. The predicted octanol–water partition coefficient (Wildman–Crippen LogP) is 6.80. The van der Waals surface area contributed by atoms with E-state index in [1.807, 2.05) is 60.7 Å². The Hall–Kier alpha value is -2.82. The third-order valence-electron chi connectivity index (χ3n) is 6.89. The summed E-state index contributed by atoms with van der Waals surface area (Å²) in [4.78, 5) is 2.69. The lowest BCUT2D eigenvalue weighted by Gasteiger charge is -2.41. The molecule has 0 bridgehead atoms. The first-order valence-corrected chi connectivity index (χ1v) is 12.4. The van der Waals surface area contributed by atoms with E-state index in [4.69, 9.17) is 9.47 Å². The first-order valence-electron chi connectivity index (χ1n) is 12.4. The van der Waals surface area contributed by atoms with Crippen LogP contribution in [0.1, 0.15) is 43.7 Å². The van der Waals surface area contributed by atoms with E-state index in [2.05, 4.69) is 28.4 Å². The topological polar surface area (TPSA) is 33.7 Å². The molecule has 4 nitrogen and oxygen atoms in total. The van der Waals surface area contributed by atoms with Gasteiger partial charge in [-0.15, -0.1) is 0 Å². The van der Waals surface area contributed by atoms with Crippen LogP contribution in [0.4, 0.5) is 0 Å². The Morgan fingerprint density at radius 2 is 1.30 bits per heavy atom. The number of hydrogen-bond donors (Lipinski definition) is 1. The van der Waals surface area contributed by atoms with Crippen LogP contribution in [-0.2, 0) is 0 Å². The van der Waals surface area contributed by atoms with E-state index >= 15 is 0 Å². The van der Waals surface area contributed by atoms with Crippen molar-refractivity contribution in [3.05, 3.63) is 84.4 Å². The van der Waals surface area contributed by atoms with E-state index in [0.717, 1.165) is 49.2 Å². The monoisotopic (exact) mass is 442 g/mol. The second-order valence-electron chi connectivity index (χ2n) is 9.17. The highest BCUT2D eigenvalue weighted by Crippen LogP contribution is 2.43. The van der Waals surface area contributed by atoms with Gasteiger partial charge in [0.1, 0.15) is 11.5 Å². The Labute approximate surface area is 197 Å². The van der Waals surface area contributed by atoms with Crippen LogP contribution in [0.5, 0.6) is 23.0 Å². The number of nitrogens with zero attached hydrogens (tertiary/aromatic N) is 1. The molecule has 1 atom stereocenters. The van der Waals surface area contributed by atoms with Crippen molar-refractivity contribution in [3.8, 4) is 23.0 Å². The SMILES string of the molecule is c1ccc(Oc2ccc([C@H](C3CCCCC3)N3CCNCC3)cc2Oc2ccccc2)cc1. The maximum atomic E-state index is 6.39. The van der Waals surface area contributed by atoms with Crippen LogP contribution in [-0.4, -0.2) is 31.1 Å². The van der Waals surface area contributed by atoms with Crippen molar-refractivity contribution in [2.24, 2.45) is 5.92 Å². The minimum Gasteiger partial charge on any atom is -0.453 e. The van der Waals surface area contributed by atoms with Crippen LogP contribution in [0, 0.1) is 5.92 Å². The standard InChI is InChI=1S/C29H34N2O2/c1-4-10-23(11-5-1)29(31-20-18-30-19-21-31)24-16-17-27(32-25-12-6-2-7-13-25)28(22-24)33-26-14-8-3-9-15-26/h2-3,6-9,12-17,22-23,29-30H,1,4-5,10-11,18-21H2/t29-/m0/s1. The smallest absolute Gasteiger partial charge is 0.170 e. The Balaban J connectivity index is 1.50. The van der Waals surface area contributed by atoms with Crippen LogP contribution in [0.3, 0.4) is 0 Å². The maximum Gasteiger partial charge on any atom is 0.170 e. The second-order valence-corrected chi connectivity index (χ2v) is 9.17. The number of para-hydroxylation sites is 2. The molecule has 4 heteroatoms. The highest BCUT2D eigenvalue weighted by molar-refractivity contribution is 5.48. The van der Waals surface area contributed by atoms with Crippen LogP contribution >= 0.6 is 0 Å². The van der Waals surface area contributed by atoms with Crippen molar-refractivity contribution in [1.29, 1.82) is 0 Å². The zero-order chi connectivity index (χ0) is 22.3. The highest BCUT2D eigenvalue weighted by Gasteiger charge is 2.31. The van der Waals surface area contributed by atoms with Gasteiger partial charge in [0.2, 0.25) is 0 Å². The fourth-order valence-corrected chi connectivity index (χ4v) is 5.30. The molecule has 0 spiro atoms. The second kappa shape index (κ2) is 10.9. The van der Waals surface area contributed by atoms with E-state index in [0.29, 0.717) is 12.0 Å². The van der Waals surface area contributed by atoms with Crippen LogP contribution in [0.25, 0.3) is 0 Å². The molecule has 0 radical (unpaired) electrons. The first kappa shape index (κ1) is 22.0. The van der Waals surface area contributed by atoms with E-state index in [9.17, 15) is 0 Å².